The highest BCUT2D eigenvalue weighted by Crippen LogP contribution is 2.27. The second-order valence-electron chi connectivity index (χ2n) is 9.75. The highest BCUT2D eigenvalue weighted by molar-refractivity contribution is 5.95. The number of carboxylic acid groups (broad SMARTS) is 1. The van der Waals surface area contributed by atoms with Crippen molar-refractivity contribution >= 4 is 34.7 Å². The zero-order valence-electron chi connectivity index (χ0n) is 23.0. The van der Waals surface area contributed by atoms with Crippen LogP contribution in [0.2, 0.25) is 0 Å². The van der Waals surface area contributed by atoms with E-state index in [-0.39, 0.29) is 60.7 Å². The van der Waals surface area contributed by atoms with Gasteiger partial charge in [-0.1, -0.05) is 0 Å². The molecule has 1 aliphatic heterocycles. The number of carboxylic acids is 1. The van der Waals surface area contributed by atoms with Crippen molar-refractivity contribution in [2.75, 3.05) is 49.2 Å². The minimum Gasteiger partial charge on any atom is -0.490 e. The van der Waals surface area contributed by atoms with Crippen molar-refractivity contribution in [3.63, 3.8) is 0 Å². The molecule has 1 saturated heterocycles. The van der Waals surface area contributed by atoms with Crippen LogP contribution in [0, 0.1) is 20.2 Å². The molecule has 1 fully saturated rings. The molecule has 0 aromatic heterocycles. The largest absolute Gasteiger partial charge is 0.490 e. The van der Waals surface area contributed by atoms with E-state index >= 15 is 0 Å². The van der Waals surface area contributed by atoms with E-state index in [4.69, 9.17) is 9.47 Å². The first kappa shape index (κ1) is 30.7. The van der Waals surface area contributed by atoms with E-state index in [1.807, 2.05) is 0 Å². The Morgan fingerprint density at radius 2 is 1.47 bits per heavy atom. The minimum atomic E-state index is -1.24. The van der Waals surface area contributed by atoms with Crippen LogP contribution in [0.3, 0.4) is 0 Å². The number of piperidine rings is 1. The number of ether oxygens (including phenoxy) is 2. The fraction of sp³-hybridized carbons (Fsp3) is 0.310. The maximum atomic E-state index is 12.9. The standard InChI is InChI=1S/C29H30N4O10/c34-15-13-31(23-3-7-25(8-4-23)33(40)41)14-16-42-29(37)21-17-20(28(35)36)18-27(19-21)43-26-9-11-30(12-10-26)22-1-5-24(6-2-22)32(38)39/h1-8,17-19,26,34H,9-16H2,(H,35,36). The Bertz CT molecular complexity index is 1460. The van der Waals surface area contributed by atoms with Gasteiger partial charge in [-0.3, -0.25) is 20.2 Å². The Kier molecular flexibility index (Phi) is 10.1. The summed E-state index contributed by atoms with van der Waals surface area (Å²) in [5.74, 6) is -1.78. The van der Waals surface area contributed by atoms with Crippen molar-refractivity contribution in [1.82, 2.24) is 0 Å². The monoisotopic (exact) mass is 594 g/mol. The van der Waals surface area contributed by atoms with Gasteiger partial charge in [0.15, 0.2) is 0 Å². The normalized spacial score (nSPS) is 13.3. The highest BCUT2D eigenvalue weighted by Gasteiger charge is 2.23. The number of hydrogen-bond donors (Lipinski definition) is 2. The second-order valence-corrected chi connectivity index (χ2v) is 9.75. The van der Waals surface area contributed by atoms with E-state index in [9.17, 15) is 40.0 Å². The summed E-state index contributed by atoms with van der Waals surface area (Å²) in [7, 11) is 0. The Morgan fingerprint density at radius 1 is 0.884 bits per heavy atom. The van der Waals surface area contributed by atoms with Crippen molar-refractivity contribution in [1.29, 1.82) is 0 Å². The molecule has 1 aliphatic rings. The number of rotatable bonds is 13. The van der Waals surface area contributed by atoms with Crippen molar-refractivity contribution in [3.05, 3.63) is 98.1 Å². The van der Waals surface area contributed by atoms with E-state index in [0.717, 1.165) is 5.69 Å². The maximum Gasteiger partial charge on any atom is 0.338 e. The van der Waals surface area contributed by atoms with Crippen LogP contribution in [0.1, 0.15) is 33.6 Å². The molecule has 14 heteroatoms. The van der Waals surface area contributed by atoms with Gasteiger partial charge in [0.25, 0.3) is 11.4 Å². The summed E-state index contributed by atoms with van der Waals surface area (Å²) >= 11 is 0. The van der Waals surface area contributed by atoms with Crippen LogP contribution >= 0.6 is 0 Å². The zero-order chi connectivity index (χ0) is 30.9. The van der Waals surface area contributed by atoms with Gasteiger partial charge in [-0.25, -0.2) is 9.59 Å². The number of anilines is 2. The second kappa shape index (κ2) is 14.1. The smallest absolute Gasteiger partial charge is 0.338 e. The van der Waals surface area contributed by atoms with E-state index in [1.165, 1.54) is 54.6 Å². The first-order valence-electron chi connectivity index (χ1n) is 13.5. The fourth-order valence-electron chi connectivity index (χ4n) is 4.73. The molecule has 1 heterocycles. The number of aliphatic hydroxyl groups is 1. The van der Waals surface area contributed by atoms with Gasteiger partial charge in [0.05, 0.1) is 34.1 Å². The summed E-state index contributed by atoms with van der Waals surface area (Å²) < 4.78 is 11.4. The molecule has 2 N–H and O–H groups in total. The third kappa shape index (κ3) is 8.16. The summed E-state index contributed by atoms with van der Waals surface area (Å²) in [5, 5.41) is 40.8. The predicted molar refractivity (Wildman–Crippen MR) is 155 cm³/mol. The Labute approximate surface area is 246 Å². The lowest BCUT2D eigenvalue weighted by atomic mass is 10.1. The predicted octanol–water partition coefficient (Wildman–Crippen LogP) is 3.90. The van der Waals surface area contributed by atoms with Crippen LogP contribution in [-0.4, -0.2) is 77.5 Å². The summed E-state index contributed by atoms with van der Waals surface area (Å²) in [6, 6.07) is 16.0. The van der Waals surface area contributed by atoms with Crippen molar-refractivity contribution in [2.24, 2.45) is 0 Å². The number of non-ortho nitro benzene ring substituents is 2. The number of benzene rings is 3. The third-order valence-corrected chi connectivity index (χ3v) is 6.95. The summed E-state index contributed by atoms with van der Waals surface area (Å²) in [5.41, 5.74) is 1.25. The average Bonchev–Trinajstić information content (AvgIpc) is 3.01. The SMILES string of the molecule is O=C(O)c1cc(OC2CCN(c3ccc([N+](=O)[O-])cc3)CC2)cc(C(=O)OCCN(CCO)c2ccc([N+](=O)[O-])cc2)c1. The molecule has 226 valence electrons. The Hall–Kier alpha value is -5.24. The van der Waals surface area contributed by atoms with Crippen molar-refractivity contribution in [2.45, 2.75) is 18.9 Å². The van der Waals surface area contributed by atoms with Gasteiger partial charge in [0.1, 0.15) is 18.5 Å². The fourth-order valence-corrected chi connectivity index (χ4v) is 4.73. The van der Waals surface area contributed by atoms with Gasteiger partial charge in [0, 0.05) is 68.1 Å². The minimum absolute atomic E-state index is 0.00209. The molecule has 3 aromatic carbocycles. The molecular weight excluding hydrogens is 564 g/mol. The molecule has 14 nitrogen and oxygen atoms in total. The molecule has 3 aromatic rings. The lowest BCUT2D eigenvalue weighted by Gasteiger charge is -2.33. The first-order valence-corrected chi connectivity index (χ1v) is 13.5. The number of carbonyl (C=O) groups excluding carboxylic acids is 1. The lowest BCUT2D eigenvalue weighted by Crippen LogP contribution is -2.38. The molecule has 0 saturated carbocycles. The van der Waals surface area contributed by atoms with E-state index < -0.39 is 21.8 Å². The quantitative estimate of drug-likeness (QED) is 0.165. The summed E-state index contributed by atoms with van der Waals surface area (Å²) in [6.07, 6.45) is 0.977. The number of esters is 1. The maximum absolute atomic E-state index is 12.9. The van der Waals surface area contributed by atoms with Crippen molar-refractivity contribution in [3.8, 4) is 5.75 Å². The van der Waals surface area contributed by atoms with Crippen LogP contribution in [0.15, 0.2) is 66.7 Å². The Morgan fingerprint density at radius 3 is 2.02 bits per heavy atom. The molecule has 0 spiro atoms. The summed E-state index contributed by atoms with van der Waals surface area (Å²) in [6.45, 7) is 1.33. The zero-order valence-corrected chi connectivity index (χ0v) is 23.0. The molecular formula is C29H30N4O10. The molecule has 0 radical (unpaired) electrons. The number of hydrogen-bond acceptors (Lipinski definition) is 11. The Balaban J connectivity index is 1.36. The molecule has 0 amide bonds. The van der Waals surface area contributed by atoms with Crippen LogP contribution in [0.4, 0.5) is 22.7 Å². The molecule has 0 atom stereocenters. The van der Waals surface area contributed by atoms with Crippen LogP contribution in [-0.2, 0) is 4.74 Å². The van der Waals surface area contributed by atoms with Crippen LogP contribution in [0.5, 0.6) is 5.75 Å². The van der Waals surface area contributed by atoms with Gasteiger partial charge in [-0.15, -0.1) is 0 Å². The van der Waals surface area contributed by atoms with Gasteiger partial charge < -0.3 is 29.5 Å². The van der Waals surface area contributed by atoms with E-state index in [1.54, 1.807) is 17.0 Å². The van der Waals surface area contributed by atoms with E-state index in [2.05, 4.69) is 4.90 Å². The summed E-state index contributed by atoms with van der Waals surface area (Å²) in [4.78, 5) is 49.2. The number of nitro benzene ring substituents is 2. The molecule has 43 heavy (non-hydrogen) atoms. The van der Waals surface area contributed by atoms with Crippen molar-refractivity contribution < 1.29 is 39.1 Å². The van der Waals surface area contributed by atoms with Crippen LogP contribution < -0.4 is 14.5 Å². The first-order chi connectivity index (χ1) is 20.6. The molecule has 0 bridgehead atoms. The number of carbonyl (C=O) groups is 2. The number of aromatic carboxylic acids is 1. The average molecular weight is 595 g/mol. The van der Waals surface area contributed by atoms with E-state index in [0.29, 0.717) is 31.6 Å². The highest BCUT2D eigenvalue weighted by atomic mass is 16.6. The molecule has 4 rings (SSSR count). The molecule has 0 unspecified atom stereocenters. The van der Waals surface area contributed by atoms with Gasteiger partial charge in [-0.2, -0.15) is 0 Å². The number of aliphatic hydroxyl groups excluding tert-OH is 1. The third-order valence-electron chi connectivity index (χ3n) is 6.95. The van der Waals surface area contributed by atoms with Gasteiger partial charge >= 0.3 is 11.9 Å². The van der Waals surface area contributed by atoms with Gasteiger partial charge in [-0.05, 0) is 42.5 Å². The van der Waals surface area contributed by atoms with Gasteiger partial charge in [0.2, 0.25) is 0 Å². The topological polar surface area (TPSA) is 186 Å². The van der Waals surface area contributed by atoms with Crippen LogP contribution in [0.25, 0.3) is 0 Å². The lowest BCUT2D eigenvalue weighted by molar-refractivity contribution is -0.385. The molecule has 0 aliphatic carbocycles. The number of nitrogens with zero attached hydrogens (tertiary/aromatic N) is 4. The number of nitro groups is 2.